The van der Waals surface area contributed by atoms with Gasteiger partial charge in [0.25, 0.3) is 0 Å². The molecular weight excluding hydrogens is 234 g/mol. The van der Waals surface area contributed by atoms with Crippen LogP contribution in [0.3, 0.4) is 0 Å². The van der Waals surface area contributed by atoms with Crippen molar-refractivity contribution in [1.82, 2.24) is 10.2 Å². The zero-order valence-corrected chi connectivity index (χ0v) is 9.70. The molecule has 0 aliphatic rings. The minimum Gasteiger partial charge on any atom is -0.397 e. The van der Waals surface area contributed by atoms with Gasteiger partial charge in [-0.05, 0) is 12.1 Å². The molecular formula is C13H10ClN3. The lowest BCUT2D eigenvalue weighted by Crippen LogP contribution is -1.85. The molecule has 0 unspecified atom stereocenters. The summed E-state index contributed by atoms with van der Waals surface area (Å²) in [5.74, 6) is 0. The zero-order chi connectivity index (χ0) is 11.8. The Kier molecular flexibility index (Phi) is 2.27. The van der Waals surface area contributed by atoms with Gasteiger partial charge in [-0.25, -0.2) is 0 Å². The summed E-state index contributed by atoms with van der Waals surface area (Å²) in [7, 11) is 0. The fraction of sp³-hybridized carbons (Fsp3) is 0. The maximum Gasteiger partial charge on any atom is 0.101 e. The van der Waals surface area contributed by atoms with Gasteiger partial charge in [-0.3, -0.25) is 5.10 Å². The lowest BCUT2D eigenvalue weighted by Gasteiger charge is -2.00. The SMILES string of the molecule is Nc1cccc2c(-c3ccccc3Cl)n[nH]c12. The van der Waals surface area contributed by atoms with E-state index in [1.807, 2.05) is 42.5 Å². The highest BCUT2D eigenvalue weighted by Gasteiger charge is 2.11. The average Bonchev–Trinajstić information content (AvgIpc) is 2.75. The first kappa shape index (κ1) is 10.2. The van der Waals surface area contributed by atoms with E-state index in [-0.39, 0.29) is 0 Å². The van der Waals surface area contributed by atoms with Crippen molar-refractivity contribution in [2.45, 2.75) is 0 Å². The Hall–Kier alpha value is -2.00. The number of nitrogens with zero attached hydrogens (tertiary/aromatic N) is 1. The van der Waals surface area contributed by atoms with E-state index in [9.17, 15) is 0 Å². The van der Waals surface area contributed by atoms with Crippen LogP contribution in [0.15, 0.2) is 42.5 Å². The van der Waals surface area contributed by atoms with Crippen LogP contribution in [0.25, 0.3) is 22.2 Å². The monoisotopic (exact) mass is 243 g/mol. The van der Waals surface area contributed by atoms with Crippen molar-refractivity contribution in [2.75, 3.05) is 5.73 Å². The van der Waals surface area contributed by atoms with Gasteiger partial charge in [0.15, 0.2) is 0 Å². The zero-order valence-electron chi connectivity index (χ0n) is 8.94. The quantitative estimate of drug-likeness (QED) is 0.643. The maximum absolute atomic E-state index is 6.17. The van der Waals surface area contributed by atoms with E-state index in [4.69, 9.17) is 17.3 Å². The topological polar surface area (TPSA) is 54.7 Å². The second-order valence-corrected chi connectivity index (χ2v) is 4.23. The van der Waals surface area contributed by atoms with E-state index in [0.29, 0.717) is 10.7 Å². The van der Waals surface area contributed by atoms with Crippen molar-refractivity contribution >= 4 is 28.2 Å². The predicted octanol–water partition coefficient (Wildman–Crippen LogP) is 3.47. The number of anilines is 1. The molecule has 0 spiro atoms. The molecule has 0 aliphatic carbocycles. The molecule has 17 heavy (non-hydrogen) atoms. The number of H-pyrrole nitrogens is 1. The number of hydrogen-bond acceptors (Lipinski definition) is 2. The Bertz CT molecular complexity index is 688. The summed E-state index contributed by atoms with van der Waals surface area (Å²) in [5.41, 5.74) is 9.16. The van der Waals surface area contributed by atoms with Crippen LogP contribution in [-0.4, -0.2) is 10.2 Å². The molecule has 0 bridgehead atoms. The van der Waals surface area contributed by atoms with Crippen molar-refractivity contribution < 1.29 is 0 Å². The summed E-state index contributed by atoms with van der Waals surface area (Å²) >= 11 is 6.17. The van der Waals surface area contributed by atoms with E-state index in [1.165, 1.54) is 0 Å². The molecule has 0 saturated heterocycles. The van der Waals surface area contributed by atoms with Crippen LogP contribution in [0.2, 0.25) is 5.02 Å². The highest BCUT2D eigenvalue weighted by atomic mass is 35.5. The molecule has 84 valence electrons. The van der Waals surface area contributed by atoms with Gasteiger partial charge in [0, 0.05) is 10.9 Å². The molecule has 0 radical (unpaired) electrons. The number of nitrogen functional groups attached to an aromatic ring is 1. The Morgan fingerprint density at radius 1 is 1.06 bits per heavy atom. The summed E-state index contributed by atoms with van der Waals surface area (Å²) < 4.78 is 0. The Morgan fingerprint density at radius 3 is 2.71 bits per heavy atom. The standard InChI is InChI=1S/C13H10ClN3/c14-10-6-2-1-4-8(10)12-9-5-3-7-11(15)13(9)17-16-12/h1-7H,15H2,(H,16,17). The molecule has 2 aromatic carbocycles. The highest BCUT2D eigenvalue weighted by molar-refractivity contribution is 6.33. The van der Waals surface area contributed by atoms with Gasteiger partial charge in [-0.1, -0.05) is 41.9 Å². The van der Waals surface area contributed by atoms with Crippen LogP contribution in [-0.2, 0) is 0 Å². The number of aromatic amines is 1. The number of fused-ring (bicyclic) bond motifs is 1. The average molecular weight is 244 g/mol. The van der Waals surface area contributed by atoms with Crippen LogP contribution in [0.4, 0.5) is 5.69 Å². The van der Waals surface area contributed by atoms with Crippen LogP contribution in [0, 0.1) is 0 Å². The molecule has 1 heterocycles. The lowest BCUT2D eigenvalue weighted by molar-refractivity contribution is 1.12. The summed E-state index contributed by atoms with van der Waals surface area (Å²) in [6, 6.07) is 13.4. The largest absolute Gasteiger partial charge is 0.397 e. The Labute approximate surface area is 103 Å². The second-order valence-electron chi connectivity index (χ2n) is 3.82. The molecule has 3 aromatic rings. The molecule has 3 nitrogen and oxygen atoms in total. The van der Waals surface area contributed by atoms with E-state index in [1.54, 1.807) is 0 Å². The number of nitrogens with two attached hydrogens (primary N) is 1. The van der Waals surface area contributed by atoms with Gasteiger partial charge in [-0.2, -0.15) is 5.10 Å². The molecule has 3 N–H and O–H groups in total. The summed E-state index contributed by atoms with van der Waals surface area (Å²) in [6.45, 7) is 0. The second kappa shape index (κ2) is 3.79. The fourth-order valence-corrected chi connectivity index (χ4v) is 2.15. The van der Waals surface area contributed by atoms with Crippen molar-refractivity contribution in [3.63, 3.8) is 0 Å². The van der Waals surface area contributed by atoms with Crippen LogP contribution in [0.5, 0.6) is 0 Å². The number of halogens is 1. The molecule has 3 rings (SSSR count). The fourth-order valence-electron chi connectivity index (χ4n) is 1.92. The minimum absolute atomic E-state index is 0.684. The van der Waals surface area contributed by atoms with Crippen molar-refractivity contribution in [3.8, 4) is 11.3 Å². The number of hydrogen-bond donors (Lipinski definition) is 2. The van der Waals surface area contributed by atoms with Crippen LogP contribution < -0.4 is 5.73 Å². The number of benzene rings is 2. The maximum atomic E-state index is 6.17. The third-order valence-electron chi connectivity index (χ3n) is 2.76. The van der Waals surface area contributed by atoms with Gasteiger partial charge < -0.3 is 5.73 Å². The molecule has 0 fully saturated rings. The smallest absolute Gasteiger partial charge is 0.101 e. The van der Waals surface area contributed by atoms with E-state index in [2.05, 4.69) is 10.2 Å². The van der Waals surface area contributed by atoms with E-state index >= 15 is 0 Å². The van der Waals surface area contributed by atoms with E-state index < -0.39 is 0 Å². The minimum atomic E-state index is 0.684. The first-order valence-corrected chi connectivity index (χ1v) is 5.62. The van der Waals surface area contributed by atoms with Crippen molar-refractivity contribution in [1.29, 1.82) is 0 Å². The number of para-hydroxylation sites is 1. The van der Waals surface area contributed by atoms with Gasteiger partial charge in [0.05, 0.1) is 16.2 Å². The van der Waals surface area contributed by atoms with Gasteiger partial charge in [-0.15, -0.1) is 0 Å². The third kappa shape index (κ3) is 1.56. The van der Waals surface area contributed by atoms with Gasteiger partial charge in [0.1, 0.15) is 5.69 Å². The Morgan fingerprint density at radius 2 is 1.88 bits per heavy atom. The van der Waals surface area contributed by atoms with Crippen molar-refractivity contribution in [3.05, 3.63) is 47.5 Å². The summed E-state index contributed by atoms with van der Waals surface area (Å²) in [5, 5.41) is 8.91. The molecule has 0 aliphatic heterocycles. The van der Waals surface area contributed by atoms with Gasteiger partial charge >= 0.3 is 0 Å². The first-order chi connectivity index (χ1) is 8.27. The summed E-state index contributed by atoms with van der Waals surface area (Å²) in [6.07, 6.45) is 0. The number of rotatable bonds is 1. The molecule has 0 saturated carbocycles. The van der Waals surface area contributed by atoms with E-state index in [0.717, 1.165) is 22.2 Å². The normalized spacial score (nSPS) is 10.9. The highest BCUT2D eigenvalue weighted by Crippen LogP contribution is 2.32. The third-order valence-corrected chi connectivity index (χ3v) is 3.09. The summed E-state index contributed by atoms with van der Waals surface area (Å²) in [4.78, 5) is 0. The number of aromatic nitrogens is 2. The molecule has 1 aromatic heterocycles. The Balaban J connectivity index is 2.33. The molecule has 4 heteroatoms. The molecule has 0 amide bonds. The van der Waals surface area contributed by atoms with Gasteiger partial charge in [0.2, 0.25) is 0 Å². The first-order valence-electron chi connectivity index (χ1n) is 5.25. The molecule has 0 atom stereocenters. The van der Waals surface area contributed by atoms with Crippen LogP contribution in [0.1, 0.15) is 0 Å². The predicted molar refractivity (Wildman–Crippen MR) is 71.0 cm³/mol. The number of nitrogens with one attached hydrogen (secondary N) is 1. The lowest BCUT2D eigenvalue weighted by atomic mass is 10.1. The van der Waals surface area contributed by atoms with Crippen LogP contribution >= 0.6 is 11.6 Å². The van der Waals surface area contributed by atoms with Crippen molar-refractivity contribution in [2.24, 2.45) is 0 Å².